The summed E-state index contributed by atoms with van der Waals surface area (Å²) in [5, 5.41) is 5.87. The van der Waals surface area contributed by atoms with E-state index in [4.69, 9.17) is 4.74 Å². The number of rotatable bonds is 3. The van der Waals surface area contributed by atoms with Crippen LogP contribution in [0.5, 0.6) is 11.5 Å². The number of amides is 1. The van der Waals surface area contributed by atoms with Crippen molar-refractivity contribution in [2.75, 3.05) is 17.7 Å². The van der Waals surface area contributed by atoms with Crippen LogP contribution in [0, 0.1) is 0 Å². The van der Waals surface area contributed by atoms with Gasteiger partial charge >= 0.3 is 0 Å². The van der Waals surface area contributed by atoms with Crippen LogP contribution >= 0.6 is 0 Å². The quantitative estimate of drug-likeness (QED) is 0.899. The Balaban J connectivity index is 1.82. The maximum atomic E-state index is 11.3. The third-order valence-electron chi connectivity index (χ3n) is 3.21. The van der Waals surface area contributed by atoms with Gasteiger partial charge in [-0.25, -0.2) is 0 Å². The van der Waals surface area contributed by atoms with E-state index in [-0.39, 0.29) is 5.91 Å². The molecule has 0 fully saturated rings. The summed E-state index contributed by atoms with van der Waals surface area (Å²) in [5.74, 6) is 1.49. The van der Waals surface area contributed by atoms with Gasteiger partial charge in [-0.2, -0.15) is 0 Å². The molecule has 102 valence electrons. The highest BCUT2D eigenvalue weighted by Gasteiger charge is 2.15. The van der Waals surface area contributed by atoms with E-state index < -0.39 is 0 Å². The lowest BCUT2D eigenvalue weighted by Gasteiger charge is -2.17. The standard InChI is InChI=1S/C15H15N3O2/c1-16-11-7-13(9-17-8-11)20-12-3-4-14-10(6-12)2-5-15(19)18-14/h3-4,6-9,16H,2,5H2,1H3,(H,18,19). The van der Waals surface area contributed by atoms with Crippen molar-refractivity contribution in [1.82, 2.24) is 4.98 Å². The molecule has 3 rings (SSSR count). The third-order valence-corrected chi connectivity index (χ3v) is 3.21. The second-order valence-corrected chi connectivity index (χ2v) is 4.63. The Labute approximate surface area is 117 Å². The zero-order chi connectivity index (χ0) is 13.9. The number of aryl methyl sites for hydroxylation is 1. The van der Waals surface area contributed by atoms with Crippen molar-refractivity contribution in [2.45, 2.75) is 12.8 Å². The van der Waals surface area contributed by atoms with Crippen molar-refractivity contribution in [2.24, 2.45) is 0 Å². The van der Waals surface area contributed by atoms with Crippen molar-refractivity contribution < 1.29 is 9.53 Å². The Hall–Kier alpha value is -2.56. The van der Waals surface area contributed by atoms with Gasteiger partial charge < -0.3 is 15.4 Å². The highest BCUT2D eigenvalue weighted by molar-refractivity contribution is 5.94. The average Bonchev–Trinajstić information content (AvgIpc) is 2.47. The Morgan fingerprint density at radius 1 is 1.20 bits per heavy atom. The second kappa shape index (κ2) is 5.21. The van der Waals surface area contributed by atoms with Crippen molar-refractivity contribution in [3.05, 3.63) is 42.2 Å². The van der Waals surface area contributed by atoms with Crippen LogP contribution in [-0.2, 0) is 11.2 Å². The number of nitrogens with one attached hydrogen (secondary N) is 2. The van der Waals surface area contributed by atoms with E-state index >= 15 is 0 Å². The topological polar surface area (TPSA) is 63.3 Å². The van der Waals surface area contributed by atoms with E-state index in [2.05, 4.69) is 15.6 Å². The minimum atomic E-state index is 0.0667. The first-order chi connectivity index (χ1) is 9.74. The summed E-state index contributed by atoms with van der Waals surface area (Å²) < 4.78 is 5.80. The summed E-state index contributed by atoms with van der Waals surface area (Å²) in [6.45, 7) is 0. The van der Waals surface area contributed by atoms with E-state index in [1.54, 1.807) is 12.4 Å². The molecule has 0 bridgehead atoms. The first-order valence-corrected chi connectivity index (χ1v) is 6.48. The van der Waals surface area contributed by atoms with Gasteiger partial charge in [0.15, 0.2) is 0 Å². The molecule has 0 atom stereocenters. The SMILES string of the molecule is CNc1cncc(Oc2ccc3c(c2)CCC(=O)N3)c1. The molecule has 1 aromatic carbocycles. The number of fused-ring (bicyclic) bond motifs is 1. The zero-order valence-corrected chi connectivity index (χ0v) is 11.1. The highest BCUT2D eigenvalue weighted by Crippen LogP contribution is 2.29. The number of aromatic nitrogens is 1. The summed E-state index contributed by atoms with van der Waals surface area (Å²) in [5.41, 5.74) is 2.86. The van der Waals surface area contributed by atoms with Gasteiger partial charge in [-0.3, -0.25) is 9.78 Å². The molecule has 1 aromatic heterocycles. The first-order valence-electron chi connectivity index (χ1n) is 6.48. The molecule has 0 radical (unpaired) electrons. The van der Waals surface area contributed by atoms with Crippen molar-refractivity contribution >= 4 is 17.3 Å². The minimum absolute atomic E-state index is 0.0667. The van der Waals surface area contributed by atoms with E-state index in [1.165, 1.54) is 0 Å². The summed E-state index contributed by atoms with van der Waals surface area (Å²) in [7, 11) is 1.84. The number of hydrogen-bond donors (Lipinski definition) is 2. The van der Waals surface area contributed by atoms with Gasteiger partial charge in [-0.1, -0.05) is 0 Å². The molecular weight excluding hydrogens is 254 g/mol. The minimum Gasteiger partial charge on any atom is -0.456 e. The molecular formula is C15H15N3O2. The van der Waals surface area contributed by atoms with E-state index in [0.29, 0.717) is 12.2 Å². The lowest BCUT2D eigenvalue weighted by atomic mass is 10.0. The number of nitrogens with zero attached hydrogens (tertiary/aromatic N) is 1. The highest BCUT2D eigenvalue weighted by atomic mass is 16.5. The number of carbonyl (C=O) groups is 1. The third kappa shape index (κ3) is 2.56. The number of ether oxygens (including phenoxy) is 1. The molecule has 1 amide bonds. The summed E-state index contributed by atoms with van der Waals surface area (Å²) in [6.07, 6.45) is 4.66. The number of pyridine rings is 1. The van der Waals surface area contributed by atoms with Crippen LogP contribution in [0.1, 0.15) is 12.0 Å². The number of hydrogen-bond acceptors (Lipinski definition) is 4. The molecule has 20 heavy (non-hydrogen) atoms. The number of benzene rings is 1. The molecule has 1 aliphatic heterocycles. The lowest BCUT2D eigenvalue weighted by Crippen LogP contribution is -2.18. The largest absolute Gasteiger partial charge is 0.456 e. The molecule has 0 spiro atoms. The Morgan fingerprint density at radius 3 is 2.95 bits per heavy atom. The number of carbonyl (C=O) groups excluding carboxylic acids is 1. The van der Waals surface area contributed by atoms with E-state index in [9.17, 15) is 4.79 Å². The van der Waals surface area contributed by atoms with E-state index in [0.717, 1.165) is 29.1 Å². The Morgan fingerprint density at radius 2 is 2.10 bits per heavy atom. The predicted molar refractivity (Wildman–Crippen MR) is 77.3 cm³/mol. The Bertz CT molecular complexity index is 655. The molecule has 2 N–H and O–H groups in total. The van der Waals surface area contributed by atoms with Gasteiger partial charge in [-0.05, 0) is 30.2 Å². The fraction of sp³-hybridized carbons (Fsp3) is 0.200. The van der Waals surface area contributed by atoms with E-state index in [1.807, 2.05) is 31.3 Å². The normalized spacial score (nSPS) is 13.3. The van der Waals surface area contributed by atoms with Crippen molar-refractivity contribution in [3.8, 4) is 11.5 Å². The molecule has 0 saturated heterocycles. The van der Waals surface area contributed by atoms with Crippen molar-refractivity contribution in [1.29, 1.82) is 0 Å². The molecule has 0 saturated carbocycles. The van der Waals surface area contributed by atoms with Gasteiger partial charge in [0, 0.05) is 25.2 Å². The van der Waals surface area contributed by atoms with Crippen LogP contribution in [-0.4, -0.2) is 17.9 Å². The van der Waals surface area contributed by atoms with Gasteiger partial charge in [0.05, 0.1) is 18.1 Å². The van der Waals surface area contributed by atoms with Crippen LogP contribution in [0.4, 0.5) is 11.4 Å². The van der Waals surface area contributed by atoms with Gasteiger partial charge in [0.1, 0.15) is 11.5 Å². The maximum Gasteiger partial charge on any atom is 0.224 e. The summed E-state index contributed by atoms with van der Waals surface area (Å²) >= 11 is 0. The molecule has 0 aliphatic carbocycles. The average molecular weight is 269 g/mol. The molecule has 5 heteroatoms. The van der Waals surface area contributed by atoms with Gasteiger partial charge in [0.25, 0.3) is 0 Å². The zero-order valence-electron chi connectivity index (χ0n) is 11.1. The van der Waals surface area contributed by atoms with Crippen molar-refractivity contribution in [3.63, 3.8) is 0 Å². The molecule has 5 nitrogen and oxygen atoms in total. The fourth-order valence-corrected chi connectivity index (χ4v) is 2.17. The molecule has 1 aliphatic rings. The Kier molecular flexibility index (Phi) is 3.25. The monoisotopic (exact) mass is 269 g/mol. The first kappa shape index (κ1) is 12.5. The molecule has 0 unspecified atom stereocenters. The second-order valence-electron chi connectivity index (χ2n) is 4.63. The molecule has 2 aromatic rings. The van der Waals surface area contributed by atoms with Gasteiger partial charge in [0.2, 0.25) is 5.91 Å². The van der Waals surface area contributed by atoms with Crippen LogP contribution < -0.4 is 15.4 Å². The molecule has 2 heterocycles. The maximum absolute atomic E-state index is 11.3. The summed E-state index contributed by atoms with van der Waals surface area (Å²) in [6, 6.07) is 7.56. The summed E-state index contributed by atoms with van der Waals surface area (Å²) in [4.78, 5) is 15.4. The van der Waals surface area contributed by atoms with Gasteiger partial charge in [-0.15, -0.1) is 0 Å². The van der Waals surface area contributed by atoms with Crippen LogP contribution in [0.3, 0.4) is 0 Å². The fourth-order valence-electron chi connectivity index (χ4n) is 2.17. The van der Waals surface area contributed by atoms with Crippen LogP contribution in [0.15, 0.2) is 36.7 Å². The predicted octanol–water partition coefficient (Wildman–Crippen LogP) is 2.80. The smallest absolute Gasteiger partial charge is 0.224 e. The number of anilines is 2. The van der Waals surface area contributed by atoms with Crippen LogP contribution in [0.25, 0.3) is 0 Å². The lowest BCUT2D eigenvalue weighted by molar-refractivity contribution is -0.116. The van der Waals surface area contributed by atoms with Crippen LogP contribution in [0.2, 0.25) is 0 Å².